The molecule has 0 bridgehead atoms. The van der Waals surface area contributed by atoms with Gasteiger partial charge in [0.15, 0.2) is 0 Å². The Kier molecular flexibility index (Phi) is 12.0. The second-order valence-electron chi connectivity index (χ2n) is 9.85. The molecule has 1 aliphatic heterocycles. The van der Waals surface area contributed by atoms with Crippen LogP contribution in [0.5, 0.6) is 0 Å². The van der Waals surface area contributed by atoms with Gasteiger partial charge in [0.05, 0.1) is 24.2 Å². The van der Waals surface area contributed by atoms with Crippen molar-refractivity contribution in [2.75, 3.05) is 0 Å². The highest BCUT2D eigenvalue weighted by molar-refractivity contribution is 5.80. The fourth-order valence-corrected chi connectivity index (χ4v) is 4.43. The van der Waals surface area contributed by atoms with Crippen LogP contribution in [0.4, 0.5) is 0 Å². The largest absolute Gasteiger partial charge is 0.478 e. The number of hydrogen-bond donors (Lipinski definition) is 2. The summed E-state index contributed by atoms with van der Waals surface area (Å²) in [6.45, 7) is 11.3. The Morgan fingerprint density at radius 2 is 1.88 bits per heavy atom. The van der Waals surface area contributed by atoms with Gasteiger partial charge in [0.2, 0.25) is 0 Å². The molecule has 7 heteroatoms. The summed E-state index contributed by atoms with van der Waals surface area (Å²) in [4.78, 5) is 34.7. The minimum atomic E-state index is -1.07. The van der Waals surface area contributed by atoms with Crippen LogP contribution in [0, 0.1) is 11.8 Å². The minimum Gasteiger partial charge on any atom is -0.478 e. The number of carboxylic acids is 1. The number of carbonyl (C=O) groups excluding carboxylic acids is 2. The molecule has 0 aromatic rings. The molecule has 6 atom stereocenters. The van der Waals surface area contributed by atoms with Crippen LogP contribution in [0.25, 0.3) is 0 Å². The van der Waals surface area contributed by atoms with Crippen molar-refractivity contribution in [2.24, 2.45) is 11.8 Å². The molecule has 0 radical (unpaired) electrons. The molecule has 0 aromatic heterocycles. The Morgan fingerprint density at radius 1 is 1.21 bits per heavy atom. The predicted octanol–water partition coefficient (Wildman–Crippen LogP) is 4.62. The SMILES string of the molecule is CCC[C@]1(C)C[C@@H](O)[C@H](CC/C(C)=C/[C@@H](C)[C@H](CC(C)=O)OC(=O)C[C@H](C)/C=C/C(=O)O)O1. The second kappa shape index (κ2) is 13.7. The second-order valence-corrected chi connectivity index (χ2v) is 9.85. The minimum absolute atomic E-state index is 0.0427. The molecule has 0 aliphatic carbocycles. The summed E-state index contributed by atoms with van der Waals surface area (Å²) in [5, 5.41) is 19.1. The van der Waals surface area contributed by atoms with E-state index < -0.39 is 24.1 Å². The maximum Gasteiger partial charge on any atom is 0.327 e. The first-order chi connectivity index (χ1) is 15.3. The molecular formula is C26H42O7. The monoisotopic (exact) mass is 466 g/mol. The molecule has 1 rings (SSSR count). The van der Waals surface area contributed by atoms with E-state index in [0.29, 0.717) is 12.8 Å². The molecular weight excluding hydrogens is 424 g/mol. The van der Waals surface area contributed by atoms with E-state index in [1.165, 1.54) is 13.0 Å². The molecule has 0 amide bonds. The number of Topliss-reactive ketones (excluding diaryl/α,β-unsaturated/α-hetero) is 1. The van der Waals surface area contributed by atoms with Crippen LogP contribution >= 0.6 is 0 Å². The maximum absolute atomic E-state index is 12.4. The van der Waals surface area contributed by atoms with Crippen LogP contribution in [0.2, 0.25) is 0 Å². The third-order valence-electron chi connectivity index (χ3n) is 6.07. The van der Waals surface area contributed by atoms with Gasteiger partial charge in [-0.25, -0.2) is 4.79 Å². The number of aliphatic hydroxyl groups is 1. The van der Waals surface area contributed by atoms with E-state index in [2.05, 4.69) is 13.8 Å². The number of aliphatic carboxylic acids is 1. The number of esters is 1. The van der Waals surface area contributed by atoms with Gasteiger partial charge in [-0.1, -0.05) is 44.9 Å². The molecule has 33 heavy (non-hydrogen) atoms. The first kappa shape index (κ1) is 29.0. The molecule has 0 spiro atoms. The number of ketones is 1. The molecule has 1 aliphatic rings. The van der Waals surface area contributed by atoms with Gasteiger partial charge >= 0.3 is 11.9 Å². The lowest BCUT2D eigenvalue weighted by Crippen LogP contribution is -2.27. The Bertz CT molecular complexity index is 726. The van der Waals surface area contributed by atoms with Crippen molar-refractivity contribution in [1.82, 2.24) is 0 Å². The van der Waals surface area contributed by atoms with E-state index in [0.717, 1.165) is 30.9 Å². The van der Waals surface area contributed by atoms with Crippen LogP contribution in [-0.4, -0.2) is 51.8 Å². The first-order valence-corrected chi connectivity index (χ1v) is 12.0. The fourth-order valence-electron chi connectivity index (χ4n) is 4.43. The normalized spacial score (nSPS) is 26.2. The number of aliphatic hydroxyl groups excluding tert-OH is 1. The van der Waals surface area contributed by atoms with Crippen LogP contribution in [0.1, 0.15) is 86.5 Å². The molecule has 188 valence electrons. The van der Waals surface area contributed by atoms with Crippen molar-refractivity contribution in [3.8, 4) is 0 Å². The van der Waals surface area contributed by atoms with E-state index in [4.69, 9.17) is 14.6 Å². The smallest absolute Gasteiger partial charge is 0.327 e. The molecule has 2 N–H and O–H groups in total. The molecule has 1 fully saturated rings. The van der Waals surface area contributed by atoms with Crippen molar-refractivity contribution in [3.63, 3.8) is 0 Å². The van der Waals surface area contributed by atoms with E-state index in [9.17, 15) is 19.5 Å². The summed E-state index contributed by atoms with van der Waals surface area (Å²) in [6, 6.07) is 0. The van der Waals surface area contributed by atoms with Crippen molar-refractivity contribution in [2.45, 2.75) is 110 Å². The topological polar surface area (TPSA) is 110 Å². The Morgan fingerprint density at radius 3 is 2.45 bits per heavy atom. The Hall–Kier alpha value is -1.99. The van der Waals surface area contributed by atoms with E-state index in [-0.39, 0.29) is 42.2 Å². The lowest BCUT2D eigenvalue weighted by atomic mass is 9.93. The van der Waals surface area contributed by atoms with Gasteiger partial charge in [-0.3, -0.25) is 9.59 Å². The zero-order valence-corrected chi connectivity index (χ0v) is 21.0. The lowest BCUT2D eigenvalue weighted by molar-refractivity contribution is -0.152. The number of hydrogen-bond acceptors (Lipinski definition) is 6. The summed E-state index contributed by atoms with van der Waals surface area (Å²) in [5.41, 5.74) is 0.825. The highest BCUT2D eigenvalue weighted by Crippen LogP contribution is 2.36. The summed E-state index contributed by atoms with van der Waals surface area (Å²) in [5.74, 6) is -2.04. The Balaban J connectivity index is 2.68. The molecule has 0 aromatic carbocycles. The number of allylic oxidation sites excluding steroid dienone is 2. The maximum atomic E-state index is 12.4. The number of ether oxygens (including phenoxy) is 2. The van der Waals surface area contributed by atoms with Crippen LogP contribution in [0.3, 0.4) is 0 Å². The van der Waals surface area contributed by atoms with Crippen molar-refractivity contribution in [1.29, 1.82) is 0 Å². The highest BCUT2D eigenvalue weighted by Gasteiger charge is 2.41. The molecule has 0 saturated carbocycles. The average Bonchev–Trinajstić information content (AvgIpc) is 2.97. The number of carbonyl (C=O) groups is 3. The third kappa shape index (κ3) is 11.1. The third-order valence-corrected chi connectivity index (χ3v) is 6.07. The quantitative estimate of drug-likeness (QED) is 0.218. The fraction of sp³-hybridized carbons (Fsp3) is 0.731. The first-order valence-electron chi connectivity index (χ1n) is 12.0. The van der Waals surface area contributed by atoms with Crippen LogP contribution in [0.15, 0.2) is 23.8 Å². The van der Waals surface area contributed by atoms with E-state index in [1.54, 1.807) is 6.92 Å². The summed E-state index contributed by atoms with van der Waals surface area (Å²) in [6.07, 6.45) is 7.44. The van der Waals surface area contributed by atoms with E-state index >= 15 is 0 Å². The highest BCUT2D eigenvalue weighted by atomic mass is 16.5. The van der Waals surface area contributed by atoms with E-state index in [1.807, 2.05) is 19.9 Å². The zero-order chi connectivity index (χ0) is 25.2. The molecule has 1 saturated heterocycles. The van der Waals surface area contributed by atoms with Gasteiger partial charge in [-0.15, -0.1) is 0 Å². The number of rotatable bonds is 14. The average molecular weight is 467 g/mol. The summed E-state index contributed by atoms with van der Waals surface area (Å²) >= 11 is 0. The molecule has 1 heterocycles. The van der Waals surface area contributed by atoms with Crippen LogP contribution in [-0.2, 0) is 23.9 Å². The summed E-state index contributed by atoms with van der Waals surface area (Å²) in [7, 11) is 0. The lowest BCUT2D eigenvalue weighted by Gasteiger charge is -2.24. The van der Waals surface area contributed by atoms with Crippen LogP contribution < -0.4 is 0 Å². The number of carboxylic acid groups (broad SMARTS) is 1. The predicted molar refractivity (Wildman–Crippen MR) is 127 cm³/mol. The van der Waals surface area contributed by atoms with Gasteiger partial charge in [0, 0.05) is 24.8 Å². The van der Waals surface area contributed by atoms with Gasteiger partial charge in [0.25, 0.3) is 0 Å². The molecule has 0 unspecified atom stereocenters. The summed E-state index contributed by atoms with van der Waals surface area (Å²) < 4.78 is 11.7. The van der Waals surface area contributed by atoms with Gasteiger partial charge in [-0.05, 0) is 46.0 Å². The van der Waals surface area contributed by atoms with Gasteiger partial charge in [-0.2, -0.15) is 0 Å². The zero-order valence-electron chi connectivity index (χ0n) is 21.0. The standard InChI is InChI=1S/C26H42O7/c1-7-12-26(6)16-21(28)22(33-26)10-8-17(2)13-19(4)23(15-20(5)27)32-25(31)14-18(3)9-11-24(29)30/h9,11,13,18-19,21-23,28H,7-8,10,12,14-16H2,1-6H3,(H,29,30)/b11-9+,17-13+/t18-,19-,21-,22+,23+,26-/m1/s1. The molecule has 7 nitrogen and oxygen atoms in total. The van der Waals surface area contributed by atoms with Gasteiger partial charge < -0.3 is 19.7 Å². The van der Waals surface area contributed by atoms with Crippen molar-refractivity contribution >= 4 is 17.7 Å². The Labute approximate surface area is 198 Å². The van der Waals surface area contributed by atoms with Crippen molar-refractivity contribution in [3.05, 3.63) is 23.8 Å². The van der Waals surface area contributed by atoms with Gasteiger partial charge in [0.1, 0.15) is 11.9 Å². The van der Waals surface area contributed by atoms with Crippen molar-refractivity contribution < 1.29 is 34.1 Å².